The Bertz CT molecular complexity index is 1660. The van der Waals surface area contributed by atoms with E-state index in [-0.39, 0.29) is 11.6 Å². The van der Waals surface area contributed by atoms with Gasteiger partial charge in [-0.25, -0.2) is 14.8 Å². The highest BCUT2D eigenvalue weighted by Gasteiger charge is 2.47. The van der Waals surface area contributed by atoms with Gasteiger partial charge < -0.3 is 19.6 Å². The summed E-state index contributed by atoms with van der Waals surface area (Å²) < 4.78 is 14.2. The van der Waals surface area contributed by atoms with Crippen LogP contribution in [0.4, 0.5) is 22.2 Å². The second kappa shape index (κ2) is 12.1. The number of ether oxygens (including phenoxy) is 1. The Morgan fingerprint density at radius 3 is 2.41 bits per heavy atom. The number of amides is 1. The molecule has 12 heteroatoms. The van der Waals surface area contributed by atoms with Crippen LogP contribution in [0.25, 0.3) is 11.3 Å². The summed E-state index contributed by atoms with van der Waals surface area (Å²) in [5.41, 5.74) is 1.98. The molecule has 3 heterocycles. The highest BCUT2D eigenvalue weighted by Crippen LogP contribution is 2.47. The monoisotopic (exact) mass is 647 g/mol. The van der Waals surface area contributed by atoms with Gasteiger partial charge >= 0.3 is 6.09 Å². The summed E-state index contributed by atoms with van der Waals surface area (Å²) in [5, 5.41) is 28.0. The quantitative estimate of drug-likeness (QED) is 0.253. The van der Waals surface area contributed by atoms with Crippen LogP contribution < -0.4 is 10.2 Å². The van der Waals surface area contributed by atoms with E-state index >= 15 is 0 Å². The Morgan fingerprint density at radius 2 is 1.83 bits per heavy atom. The second-order valence-corrected chi connectivity index (χ2v) is 20.5. The SMILES string of the molecule is Cn1nc(C(C)(C)CO)cc1Nc1nccc(-c2cc(C#N)c3c(c2)C(C)(CO[Si](C)(C)C(C)(C)C)CN3C(=O)OC(C)(C)C)n1. The van der Waals surface area contributed by atoms with Crippen molar-refractivity contribution in [3.8, 4) is 17.3 Å². The highest BCUT2D eigenvalue weighted by atomic mass is 28.4. The van der Waals surface area contributed by atoms with Crippen molar-refractivity contribution in [2.45, 2.75) is 96.9 Å². The number of aromatic nitrogens is 4. The van der Waals surface area contributed by atoms with Crippen molar-refractivity contribution >= 4 is 31.9 Å². The number of aliphatic hydroxyl groups is 1. The van der Waals surface area contributed by atoms with Crippen molar-refractivity contribution in [3.05, 3.63) is 47.3 Å². The first-order valence-electron chi connectivity index (χ1n) is 15.6. The number of nitriles is 1. The minimum absolute atomic E-state index is 0.00213. The zero-order valence-corrected chi connectivity index (χ0v) is 30.4. The Hall–Kier alpha value is -3.79. The third kappa shape index (κ3) is 7.11. The fourth-order valence-corrected chi connectivity index (χ4v) is 6.09. The predicted octanol–water partition coefficient (Wildman–Crippen LogP) is 6.80. The Balaban J connectivity index is 1.78. The highest BCUT2D eigenvalue weighted by molar-refractivity contribution is 6.74. The second-order valence-electron chi connectivity index (χ2n) is 15.7. The third-order valence-corrected chi connectivity index (χ3v) is 13.5. The number of hydrogen-bond donors (Lipinski definition) is 2. The van der Waals surface area contributed by atoms with E-state index in [2.05, 4.69) is 62.3 Å². The smallest absolute Gasteiger partial charge is 0.414 e. The van der Waals surface area contributed by atoms with Gasteiger partial charge in [0.1, 0.15) is 17.5 Å². The topological polar surface area (TPSA) is 138 Å². The summed E-state index contributed by atoms with van der Waals surface area (Å²) in [6.45, 7) is 23.1. The van der Waals surface area contributed by atoms with E-state index < -0.39 is 30.8 Å². The number of fused-ring (bicyclic) bond motifs is 1. The van der Waals surface area contributed by atoms with Crippen LogP contribution in [-0.4, -0.2) is 64.6 Å². The van der Waals surface area contributed by atoms with Gasteiger partial charge in [-0.3, -0.25) is 9.58 Å². The summed E-state index contributed by atoms with van der Waals surface area (Å²) in [6, 6.07) is 9.76. The molecule has 248 valence electrons. The van der Waals surface area contributed by atoms with Gasteiger partial charge in [0.25, 0.3) is 0 Å². The molecular weight excluding hydrogens is 599 g/mol. The van der Waals surface area contributed by atoms with Crippen LogP contribution >= 0.6 is 0 Å². The fourth-order valence-electron chi connectivity index (χ4n) is 4.97. The number of carbonyl (C=O) groups excluding carboxylic acids is 1. The van der Waals surface area contributed by atoms with Gasteiger partial charge in [-0.1, -0.05) is 41.5 Å². The van der Waals surface area contributed by atoms with E-state index in [0.717, 1.165) is 16.8 Å². The molecule has 0 fully saturated rings. The standard InChI is InChI=1S/C34H49N7O4Si/c1-31(2,3)45-30(43)41-19-34(9,21-44-46(11,12)32(4,5)6)24-16-22(15-23(18-35)28(24)41)25-13-14-36-29(37-25)38-27-17-26(39-40(27)10)33(7,8)20-42/h13-17,42H,19-21H2,1-12H3,(H,36,37,38). The number of hydrogen-bond acceptors (Lipinski definition) is 9. The first-order chi connectivity index (χ1) is 21.1. The summed E-state index contributed by atoms with van der Waals surface area (Å²) in [7, 11) is -0.328. The number of rotatable bonds is 8. The maximum atomic E-state index is 13.5. The molecule has 0 spiro atoms. The van der Waals surface area contributed by atoms with Crippen molar-refractivity contribution in [2.24, 2.45) is 7.05 Å². The fraction of sp³-hybridized carbons (Fsp3) is 0.559. The van der Waals surface area contributed by atoms with Crippen molar-refractivity contribution < 1.29 is 19.1 Å². The summed E-state index contributed by atoms with van der Waals surface area (Å²) >= 11 is 0. The number of aryl methyl sites for hydroxylation is 1. The first-order valence-corrected chi connectivity index (χ1v) is 18.5. The summed E-state index contributed by atoms with van der Waals surface area (Å²) in [4.78, 5) is 24.3. The molecule has 3 aromatic rings. The molecule has 2 N–H and O–H groups in total. The first kappa shape index (κ1) is 35.1. The minimum atomic E-state index is -2.14. The minimum Gasteiger partial charge on any atom is -0.443 e. The molecule has 0 saturated heterocycles. The molecule has 4 rings (SSSR count). The van der Waals surface area contributed by atoms with Crippen LogP contribution in [0, 0.1) is 11.3 Å². The lowest BCUT2D eigenvalue weighted by Crippen LogP contribution is -2.46. The summed E-state index contributed by atoms with van der Waals surface area (Å²) in [6.07, 6.45) is 1.16. The van der Waals surface area contributed by atoms with E-state index in [9.17, 15) is 15.2 Å². The van der Waals surface area contributed by atoms with E-state index in [4.69, 9.17) is 14.1 Å². The molecule has 11 nitrogen and oxygen atoms in total. The van der Waals surface area contributed by atoms with Crippen molar-refractivity contribution in [1.29, 1.82) is 5.26 Å². The van der Waals surface area contributed by atoms with Crippen LogP contribution in [0.15, 0.2) is 30.5 Å². The molecule has 1 amide bonds. The van der Waals surface area contributed by atoms with Gasteiger partial charge in [0.05, 0.1) is 29.2 Å². The van der Waals surface area contributed by atoms with Gasteiger partial charge in [-0.05, 0) is 62.7 Å². The summed E-state index contributed by atoms with van der Waals surface area (Å²) in [5.74, 6) is 1.02. The molecule has 1 unspecified atom stereocenters. The van der Waals surface area contributed by atoms with Gasteiger partial charge in [-0.15, -0.1) is 0 Å². The van der Waals surface area contributed by atoms with Gasteiger partial charge in [0, 0.05) is 48.9 Å². The molecule has 0 aliphatic carbocycles. The predicted molar refractivity (Wildman–Crippen MR) is 183 cm³/mol. The average molecular weight is 648 g/mol. The molecule has 0 radical (unpaired) electrons. The normalized spacial score (nSPS) is 17.1. The third-order valence-electron chi connectivity index (χ3n) is 8.99. The average Bonchev–Trinajstić information content (AvgIpc) is 3.48. The van der Waals surface area contributed by atoms with Crippen molar-refractivity contribution in [3.63, 3.8) is 0 Å². The van der Waals surface area contributed by atoms with Crippen molar-refractivity contribution in [1.82, 2.24) is 19.7 Å². The number of anilines is 3. The Morgan fingerprint density at radius 1 is 1.15 bits per heavy atom. The molecule has 1 aliphatic rings. The van der Waals surface area contributed by atoms with E-state index in [1.807, 2.05) is 53.8 Å². The molecule has 1 aliphatic heterocycles. The number of aliphatic hydroxyl groups excluding tert-OH is 1. The van der Waals surface area contributed by atoms with Gasteiger partial charge in [-0.2, -0.15) is 10.4 Å². The molecule has 0 saturated carbocycles. The van der Waals surface area contributed by atoms with Crippen LogP contribution in [0.1, 0.15) is 79.1 Å². The molecular formula is C34H49N7O4Si. The lowest BCUT2D eigenvalue weighted by Gasteiger charge is -2.39. The molecule has 1 atom stereocenters. The van der Waals surface area contributed by atoms with Gasteiger partial charge in [0.2, 0.25) is 5.95 Å². The van der Waals surface area contributed by atoms with E-state index in [1.165, 1.54) is 0 Å². The molecule has 1 aromatic carbocycles. The van der Waals surface area contributed by atoms with Crippen LogP contribution in [0.5, 0.6) is 0 Å². The number of nitrogens with zero attached hydrogens (tertiary/aromatic N) is 6. The number of nitrogens with one attached hydrogen (secondary N) is 1. The van der Waals surface area contributed by atoms with Crippen molar-refractivity contribution in [2.75, 3.05) is 30.0 Å². The van der Waals surface area contributed by atoms with Gasteiger partial charge in [0.15, 0.2) is 8.32 Å². The number of benzene rings is 1. The Labute approximate surface area is 274 Å². The number of carbonyl (C=O) groups is 1. The van der Waals surface area contributed by atoms with E-state index in [0.29, 0.717) is 41.9 Å². The zero-order valence-electron chi connectivity index (χ0n) is 29.4. The van der Waals surface area contributed by atoms with Crippen LogP contribution in [-0.2, 0) is 27.0 Å². The van der Waals surface area contributed by atoms with E-state index in [1.54, 1.807) is 27.9 Å². The zero-order chi connectivity index (χ0) is 34.5. The maximum Gasteiger partial charge on any atom is 0.414 e. The van der Waals surface area contributed by atoms with Crippen LogP contribution in [0.3, 0.4) is 0 Å². The largest absolute Gasteiger partial charge is 0.443 e. The maximum absolute atomic E-state index is 13.5. The molecule has 46 heavy (non-hydrogen) atoms. The molecule has 0 bridgehead atoms. The molecule has 2 aromatic heterocycles. The lowest BCUT2D eigenvalue weighted by molar-refractivity contribution is 0.0575. The Kier molecular flexibility index (Phi) is 9.22. The lowest BCUT2D eigenvalue weighted by atomic mass is 9.83. The van der Waals surface area contributed by atoms with Crippen LogP contribution in [0.2, 0.25) is 18.1 Å².